The summed E-state index contributed by atoms with van der Waals surface area (Å²) in [6.07, 6.45) is 6.70. The second-order valence-electron chi connectivity index (χ2n) is 5.46. The Morgan fingerprint density at radius 2 is 1.52 bits per heavy atom. The highest BCUT2D eigenvalue weighted by Crippen LogP contribution is 2.24. The Hall–Kier alpha value is -0.770. The molecule has 0 aliphatic heterocycles. The van der Waals surface area contributed by atoms with E-state index in [1.807, 2.05) is 6.92 Å². The Labute approximate surface area is 134 Å². The number of hydrogen-bond donors (Lipinski definition) is 1. The molecule has 0 aromatic rings. The summed E-state index contributed by atoms with van der Waals surface area (Å²) in [5, 5.41) is 2.83. The fraction of sp³-hybridized carbons (Fsp3) is 0.875. The molecule has 0 spiro atoms. The Morgan fingerprint density at radius 1 is 1.00 bits per heavy atom. The van der Waals surface area contributed by atoms with Crippen LogP contribution in [0.1, 0.15) is 72.1 Å². The quantitative estimate of drug-likeness (QED) is 0.338. The number of rotatable bonds is 12. The van der Waals surface area contributed by atoms with Crippen molar-refractivity contribution in [1.29, 1.82) is 0 Å². The predicted molar refractivity (Wildman–Crippen MR) is 86.5 cm³/mol. The third kappa shape index (κ3) is 7.70. The molecule has 21 heavy (non-hydrogen) atoms. The summed E-state index contributed by atoms with van der Waals surface area (Å²) in [6.45, 7) is 6.59. The van der Waals surface area contributed by atoms with Crippen molar-refractivity contribution in [3.63, 3.8) is 0 Å². The first-order chi connectivity index (χ1) is 10.1. The van der Waals surface area contributed by atoms with Crippen molar-refractivity contribution in [2.45, 2.75) is 77.7 Å². The highest BCUT2D eigenvalue weighted by Gasteiger charge is 2.40. The average Bonchev–Trinajstić information content (AvgIpc) is 2.49. The van der Waals surface area contributed by atoms with Gasteiger partial charge in [-0.15, -0.1) is 11.6 Å². The van der Waals surface area contributed by atoms with Gasteiger partial charge in [-0.1, -0.05) is 52.9 Å². The molecule has 0 saturated heterocycles. The van der Waals surface area contributed by atoms with Crippen LogP contribution in [-0.4, -0.2) is 29.9 Å². The van der Waals surface area contributed by atoms with E-state index in [0.29, 0.717) is 19.4 Å². The van der Waals surface area contributed by atoms with Gasteiger partial charge in [-0.3, -0.25) is 4.79 Å². The largest absolute Gasteiger partial charge is 0.464 e. The maximum absolute atomic E-state index is 12.5. The maximum Gasteiger partial charge on any atom is 0.331 e. The third-order valence-corrected chi connectivity index (χ3v) is 3.78. The van der Waals surface area contributed by atoms with Crippen LogP contribution in [-0.2, 0) is 14.3 Å². The van der Waals surface area contributed by atoms with Crippen molar-refractivity contribution >= 4 is 23.5 Å². The van der Waals surface area contributed by atoms with Gasteiger partial charge in [-0.2, -0.15) is 0 Å². The van der Waals surface area contributed by atoms with E-state index in [1.165, 1.54) is 0 Å². The Bertz CT molecular complexity index is 300. The van der Waals surface area contributed by atoms with Gasteiger partial charge in [0.25, 0.3) is 0 Å². The van der Waals surface area contributed by atoms with E-state index in [1.54, 1.807) is 0 Å². The van der Waals surface area contributed by atoms with Crippen LogP contribution in [0, 0.1) is 0 Å². The molecule has 124 valence electrons. The SMILES string of the molecule is CCCCOC(=O)C(CCCC)(CCCC)NC(=O)CCl. The molecular weight excluding hydrogens is 290 g/mol. The second-order valence-corrected chi connectivity index (χ2v) is 5.73. The molecule has 0 unspecified atom stereocenters. The highest BCUT2D eigenvalue weighted by atomic mass is 35.5. The molecule has 0 aromatic carbocycles. The lowest BCUT2D eigenvalue weighted by Gasteiger charge is -2.32. The summed E-state index contributed by atoms with van der Waals surface area (Å²) in [4.78, 5) is 24.3. The van der Waals surface area contributed by atoms with Crippen LogP contribution in [0.3, 0.4) is 0 Å². The van der Waals surface area contributed by atoms with E-state index >= 15 is 0 Å². The van der Waals surface area contributed by atoms with Gasteiger partial charge in [0, 0.05) is 0 Å². The third-order valence-electron chi connectivity index (χ3n) is 3.54. The molecule has 0 bridgehead atoms. The van der Waals surface area contributed by atoms with E-state index in [2.05, 4.69) is 19.2 Å². The number of carbonyl (C=O) groups is 2. The van der Waals surface area contributed by atoms with Crippen molar-refractivity contribution in [2.24, 2.45) is 0 Å². The first-order valence-corrected chi connectivity index (χ1v) is 8.63. The van der Waals surface area contributed by atoms with Crippen LogP contribution < -0.4 is 5.32 Å². The van der Waals surface area contributed by atoms with Crippen LogP contribution in [0.25, 0.3) is 0 Å². The van der Waals surface area contributed by atoms with Crippen LogP contribution in [0.4, 0.5) is 0 Å². The van der Waals surface area contributed by atoms with Crippen molar-refractivity contribution in [2.75, 3.05) is 12.5 Å². The number of hydrogen-bond acceptors (Lipinski definition) is 3. The standard InChI is InChI=1S/C16H30ClNO3/c1-4-7-10-16(11-8-5-2,18-14(19)13-17)15(20)21-12-9-6-3/h4-13H2,1-3H3,(H,18,19). The number of alkyl halides is 1. The fourth-order valence-corrected chi connectivity index (χ4v) is 2.28. The van der Waals surface area contributed by atoms with Crippen LogP contribution in [0.2, 0.25) is 0 Å². The summed E-state index contributed by atoms with van der Waals surface area (Å²) in [7, 11) is 0. The molecule has 0 atom stereocenters. The average molecular weight is 320 g/mol. The first-order valence-electron chi connectivity index (χ1n) is 8.10. The van der Waals surface area contributed by atoms with Crippen LogP contribution in [0.15, 0.2) is 0 Å². The Kier molecular flexibility index (Phi) is 11.4. The van der Waals surface area contributed by atoms with Crippen molar-refractivity contribution < 1.29 is 14.3 Å². The van der Waals surface area contributed by atoms with Gasteiger partial charge in [-0.25, -0.2) is 4.79 Å². The smallest absolute Gasteiger partial charge is 0.331 e. The minimum absolute atomic E-state index is 0.137. The summed E-state index contributed by atoms with van der Waals surface area (Å²) < 4.78 is 5.39. The van der Waals surface area contributed by atoms with Gasteiger partial charge in [0.2, 0.25) is 5.91 Å². The zero-order chi connectivity index (χ0) is 16.1. The van der Waals surface area contributed by atoms with Gasteiger partial charge >= 0.3 is 5.97 Å². The molecule has 1 amide bonds. The summed E-state index contributed by atoms with van der Waals surface area (Å²) in [5.74, 6) is -0.755. The lowest BCUT2D eigenvalue weighted by Crippen LogP contribution is -2.55. The van der Waals surface area contributed by atoms with E-state index in [-0.39, 0.29) is 17.8 Å². The zero-order valence-corrected chi connectivity index (χ0v) is 14.4. The molecule has 0 aromatic heterocycles. The van der Waals surface area contributed by atoms with Crippen molar-refractivity contribution in [3.8, 4) is 0 Å². The molecule has 0 aliphatic carbocycles. The van der Waals surface area contributed by atoms with Gasteiger partial charge < -0.3 is 10.1 Å². The van der Waals surface area contributed by atoms with Crippen molar-refractivity contribution in [1.82, 2.24) is 5.32 Å². The highest BCUT2D eigenvalue weighted by molar-refractivity contribution is 6.27. The number of halogens is 1. The molecular formula is C16H30ClNO3. The predicted octanol–water partition coefficient (Wildman–Crippen LogP) is 3.80. The van der Waals surface area contributed by atoms with E-state index in [0.717, 1.165) is 38.5 Å². The van der Waals surface area contributed by atoms with Gasteiger partial charge in [0.1, 0.15) is 11.4 Å². The van der Waals surface area contributed by atoms with Gasteiger partial charge in [0.05, 0.1) is 6.61 Å². The van der Waals surface area contributed by atoms with Crippen molar-refractivity contribution in [3.05, 3.63) is 0 Å². The molecule has 4 nitrogen and oxygen atoms in total. The molecule has 0 saturated carbocycles. The number of esters is 1. The molecule has 5 heteroatoms. The molecule has 1 N–H and O–H groups in total. The first kappa shape index (κ1) is 20.2. The lowest BCUT2D eigenvalue weighted by atomic mass is 9.87. The van der Waals surface area contributed by atoms with Crippen LogP contribution >= 0.6 is 11.6 Å². The van der Waals surface area contributed by atoms with E-state index in [4.69, 9.17) is 16.3 Å². The summed E-state index contributed by atoms with van der Waals surface area (Å²) >= 11 is 5.59. The van der Waals surface area contributed by atoms with E-state index < -0.39 is 5.54 Å². The normalized spacial score (nSPS) is 11.2. The number of carbonyl (C=O) groups excluding carboxylic acids is 2. The molecule has 0 aliphatic rings. The maximum atomic E-state index is 12.5. The number of ether oxygens (including phenoxy) is 1. The minimum Gasteiger partial charge on any atom is -0.464 e. The molecule has 0 fully saturated rings. The minimum atomic E-state index is -0.911. The van der Waals surface area contributed by atoms with Crippen LogP contribution in [0.5, 0.6) is 0 Å². The molecule has 0 rings (SSSR count). The number of unbranched alkanes of at least 4 members (excludes halogenated alkanes) is 3. The number of amides is 1. The summed E-state index contributed by atoms with van der Waals surface area (Å²) in [6, 6.07) is 0. The van der Waals surface area contributed by atoms with Gasteiger partial charge in [-0.05, 0) is 19.3 Å². The Balaban J connectivity index is 5.01. The number of nitrogens with one attached hydrogen (secondary N) is 1. The monoisotopic (exact) mass is 319 g/mol. The van der Waals surface area contributed by atoms with Gasteiger partial charge in [0.15, 0.2) is 0 Å². The van der Waals surface area contributed by atoms with E-state index in [9.17, 15) is 9.59 Å². The Morgan fingerprint density at radius 3 is 1.95 bits per heavy atom. The second kappa shape index (κ2) is 11.8. The lowest BCUT2D eigenvalue weighted by molar-refractivity contribution is -0.154. The zero-order valence-electron chi connectivity index (χ0n) is 13.7. The topological polar surface area (TPSA) is 55.4 Å². The molecule has 0 radical (unpaired) electrons. The fourth-order valence-electron chi connectivity index (χ4n) is 2.21. The molecule has 0 heterocycles. The summed E-state index contributed by atoms with van der Waals surface area (Å²) in [5.41, 5.74) is -0.911.